The average Bonchev–Trinajstić information content (AvgIpc) is 3.19. The van der Waals surface area contributed by atoms with Crippen molar-refractivity contribution in [1.29, 1.82) is 0 Å². The van der Waals surface area contributed by atoms with Crippen LogP contribution in [0.2, 0.25) is 0 Å². The Labute approximate surface area is 144 Å². The number of aliphatic hydroxyl groups excluding tert-OH is 1. The molecule has 1 aliphatic carbocycles. The number of rotatable bonds is 7. The van der Waals surface area contributed by atoms with E-state index in [9.17, 15) is 5.11 Å². The Bertz CT molecular complexity index is 463. The summed E-state index contributed by atoms with van der Waals surface area (Å²) in [6.07, 6.45) is 7.71. The molecular weight excluding hydrogens is 306 g/mol. The minimum absolute atomic E-state index is 0.205. The highest BCUT2D eigenvalue weighted by atomic mass is 32.1. The summed E-state index contributed by atoms with van der Waals surface area (Å²) in [5.41, 5.74) is 1.23. The number of piperidine rings is 1. The molecule has 2 N–H and O–H groups in total. The summed E-state index contributed by atoms with van der Waals surface area (Å²) in [6.45, 7) is 6.96. The smallest absolute Gasteiger partial charge is 0.0959 e. The van der Waals surface area contributed by atoms with E-state index in [0.29, 0.717) is 0 Å². The third-order valence-corrected chi connectivity index (χ3v) is 6.30. The zero-order valence-corrected chi connectivity index (χ0v) is 15.2. The van der Waals surface area contributed by atoms with Crippen molar-refractivity contribution in [2.45, 2.75) is 64.0 Å². The first-order chi connectivity index (χ1) is 11.2. The number of thiazole rings is 1. The SMILES string of the molecule is C[C@H](O)CN1CCC(CNCc2csc(C3CCCC3)n2)CC1. The van der Waals surface area contributed by atoms with Crippen molar-refractivity contribution in [3.63, 3.8) is 0 Å². The highest BCUT2D eigenvalue weighted by molar-refractivity contribution is 7.09. The third kappa shape index (κ3) is 5.24. The van der Waals surface area contributed by atoms with Crippen LogP contribution in [-0.2, 0) is 6.54 Å². The second-order valence-electron chi connectivity index (χ2n) is 7.38. The van der Waals surface area contributed by atoms with Crippen molar-refractivity contribution in [2.75, 3.05) is 26.2 Å². The molecule has 2 heterocycles. The molecule has 0 radical (unpaired) electrons. The van der Waals surface area contributed by atoms with Gasteiger partial charge in [0.15, 0.2) is 0 Å². The van der Waals surface area contributed by atoms with E-state index in [2.05, 4.69) is 15.6 Å². The number of aliphatic hydroxyl groups is 1. The fraction of sp³-hybridized carbons (Fsp3) is 0.833. The fourth-order valence-corrected chi connectivity index (χ4v) is 4.91. The van der Waals surface area contributed by atoms with E-state index in [1.165, 1.54) is 49.2 Å². The number of hydrogen-bond acceptors (Lipinski definition) is 5. The van der Waals surface area contributed by atoms with E-state index in [1.807, 2.05) is 18.3 Å². The maximum absolute atomic E-state index is 9.46. The molecule has 2 fully saturated rings. The maximum atomic E-state index is 9.46. The molecule has 1 aliphatic heterocycles. The van der Waals surface area contributed by atoms with E-state index in [-0.39, 0.29) is 6.10 Å². The molecule has 0 bridgehead atoms. The molecule has 23 heavy (non-hydrogen) atoms. The lowest BCUT2D eigenvalue weighted by atomic mass is 9.96. The van der Waals surface area contributed by atoms with E-state index >= 15 is 0 Å². The Hall–Kier alpha value is -0.490. The summed E-state index contributed by atoms with van der Waals surface area (Å²) >= 11 is 1.86. The summed E-state index contributed by atoms with van der Waals surface area (Å²) < 4.78 is 0. The van der Waals surface area contributed by atoms with E-state index < -0.39 is 0 Å². The Morgan fingerprint density at radius 1 is 1.30 bits per heavy atom. The van der Waals surface area contributed by atoms with Gasteiger partial charge < -0.3 is 15.3 Å². The first-order valence-electron chi connectivity index (χ1n) is 9.26. The van der Waals surface area contributed by atoms with Crippen LogP contribution >= 0.6 is 11.3 Å². The van der Waals surface area contributed by atoms with Gasteiger partial charge in [0.2, 0.25) is 0 Å². The Morgan fingerprint density at radius 3 is 2.74 bits per heavy atom. The molecule has 4 nitrogen and oxygen atoms in total. The molecule has 0 aromatic carbocycles. The molecule has 0 unspecified atom stereocenters. The Balaban J connectivity index is 1.34. The number of nitrogens with zero attached hydrogens (tertiary/aromatic N) is 2. The first kappa shape index (κ1) is 17.3. The monoisotopic (exact) mass is 337 g/mol. The van der Waals surface area contributed by atoms with Crippen LogP contribution in [0.25, 0.3) is 0 Å². The molecule has 1 atom stereocenters. The zero-order chi connectivity index (χ0) is 16.1. The van der Waals surface area contributed by atoms with Crippen LogP contribution in [0.5, 0.6) is 0 Å². The molecular formula is C18H31N3OS. The van der Waals surface area contributed by atoms with Gasteiger partial charge in [0.05, 0.1) is 16.8 Å². The van der Waals surface area contributed by atoms with Crippen molar-refractivity contribution < 1.29 is 5.11 Å². The largest absolute Gasteiger partial charge is 0.392 e. The van der Waals surface area contributed by atoms with Crippen LogP contribution in [0.4, 0.5) is 0 Å². The first-order valence-corrected chi connectivity index (χ1v) is 10.1. The lowest BCUT2D eigenvalue weighted by Crippen LogP contribution is -2.40. The predicted octanol–water partition coefficient (Wildman–Crippen LogP) is 2.98. The van der Waals surface area contributed by atoms with Crippen LogP contribution in [0.15, 0.2) is 5.38 Å². The second kappa shape index (κ2) is 8.56. The number of likely N-dealkylation sites (tertiary alicyclic amines) is 1. The minimum atomic E-state index is -0.205. The molecule has 1 saturated heterocycles. The van der Waals surface area contributed by atoms with E-state index in [4.69, 9.17) is 4.98 Å². The molecule has 3 rings (SSSR count). The Kier molecular flexibility index (Phi) is 6.45. The Morgan fingerprint density at radius 2 is 2.04 bits per heavy atom. The molecule has 2 aliphatic rings. The highest BCUT2D eigenvalue weighted by Gasteiger charge is 2.21. The molecule has 1 aromatic rings. The van der Waals surface area contributed by atoms with Crippen LogP contribution in [0.1, 0.15) is 62.1 Å². The van der Waals surface area contributed by atoms with Crippen molar-refractivity contribution in [2.24, 2.45) is 5.92 Å². The van der Waals surface area contributed by atoms with Crippen LogP contribution in [0, 0.1) is 5.92 Å². The average molecular weight is 338 g/mol. The van der Waals surface area contributed by atoms with Gasteiger partial charge >= 0.3 is 0 Å². The second-order valence-corrected chi connectivity index (χ2v) is 8.27. The number of aromatic nitrogens is 1. The van der Waals surface area contributed by atoms with Crippen molar-refractivity contribution in [3.05, 3.63) is 16.1 Å². The lowest BCUT2D eigenvalue weighted by Gasteiger charge is -2.32. The van der Waals surface area contributed by atoms with Gasteiger partial charge in [-0.1, -0.05) is 12.8 Å². The molecule has 1 aromatic heterocycles. The normalized spacial score (nSPS) is 22.7. The topological polar surface area (TPSA) is 48.4 Å². The molecule has 0 spiro atoms. The van der Waals surface area contributed by atoms with Crippen LogP contribution in [-0.4, -0.2) is 47.3 Å². The highest BCUT2D eigenvalue weighted by Crippen LogP contribution is 2.35. The lowest BCUT2D eigenvalue weighted by molar-refractivity contribution is 0.0998. The summed E-state index contributed by atoms with van der Waals surface area (Å²) in [5.74, 6) is 1.51. The van der Waals surface area contributed by atoms with Crippen molar-refractivity contribution in [3.8, 4) is 0 Å². The van der Waals surface area contributed by atoms with Gasteiger partial charge in [0.25, 0.3) is 0 Å². The maximum Gasteiger partial charge on any atom is 0.0959 e. The van der Waals surface area contributed by atoms with Gasteiger partial charge in [-0.05, 0) is 58.2 Å². The van der Waals surface area contributed by atoms with Gasteiger partial charge in [0, 0.05) is 24.4 Å². The molecule has 5 heteroatoms. The summed E-state index contributed by atoms with van der Waals surface area (Å²) in [7, 11) is 0. The van der Waals surface area contributed by atoms with Gasteiger partial charge in [-0.2, -0.15) is 0 Å². The van der Waals surface area contributed by atoms with Gasteiger partial charge in [-0.3, -0.25) is 0 Å². The molecule has 0 amide bonds. The van der Waals surface area contributed by atoms with Crippen molar-refractivity contribution in [1.82, 2.24) is 15.2 Å². The summed E-state index contributed by atoms with van der Waals surface area (Å²) in [6, 6.07) is 0. The predicted molar refractivity (Wildman–Crippen MR) is 95.9 cm³/mol. The van der Waals surface area contributed by atoms with E-state index in [0.717, 1.165) is 44.6 Å². The fourth-order valence-electron chi connectivity index (χ4n) is 3.92. The van der Waals surface area contributed by atoms with Gasteiger partial charge in [-0.25, -0.2) is 4.98 Å². The summed E-state index contributed by atoms with van der Waals surface area (Å²) in [5, 5.41) is 16.7. The van der Waals surface area contributed by atoms with E-state index in [1.54, 1.807) is 0 Å². The number of β-amino-alcohol motifs (C(OH)–C–C–N with tert-alkyl or cyclic N) is 1. The minimum Gasteiger partial charge on any atom is -0.392 e. The molecule has 1 saturated carbocycles. The van der Waals surface area contributed by atoms with Gasteiger partial charge in [0.1, 0.15) is 0 Å². The number of hydrogen-bond donors (Lipinski definition) is 2. The van der Waals surface area contributed by atoms with Crippen molar-refractivity contribution >= 4 is 11.3 Å². The van der Waals surface area contributed by atoms with Crippen LogP contribution in [0.3, 0.4) is 0 Å². The molecule has 130 valence electrons. The summed E-state index contributed by atoms with van der Waals surface area (Å²) in [4.78, 5) is 7.22. The van der Waals surface area contributed by atoms with Crippen LogP contribution < -0.4 is 5.32 Å². The van der Waals surface area contributed by atoms with Gasteiger partial charge in [-0.15, -0.1) is 11.3 Å². The zero-order valence-electron chi connectivity index (χ0n) is 14.3. The standard InChI is InChI=1S/C18H31N3OS/c1-14(22)12-21-8-6-15(7-9-21)10-19-11-17-13-23-18(20-17)16-4-2-3-5-16/h13-16,19,22H,2-12H2,1H3/t14-/m0/s1. The third-order valence-electron chi connectivity index (χ3n) is 5.24. The quantitative estimate of drug-likeness (QED) is 0.803. The number of nitrogens with one attached hydrogen (secondary N) is 1.